The molecule has 0 radical (unpaired) electrons. The van der Waals surface area contributed by atoms with Crippen LogP contribution >= 0.6 is 31.6 Å². The van der Waals surface area contributed by atoms with Gasteiger partial charge in [0, 0.05) is 16.5 Å². The molecule has 0 bridgehead atoms. The van der Waals surface area contributed by atoms with Crippen LogP contribution in [0.4, 0.5) is 10.1 Å². The summed E-state index contributed by atoms with van der Waals surface area (Å²) in [5.41, 5.74) is 3.72. The van der Waals surface area contributed by atoms with Gasteiger partial charge in [-0.1, -0.05) is 78.6 Å². The molecule has 1 heterocycles. The van der Waals surface area contributed by atoms with Crippen molar-refractivity contribution < 1.29 is 29.0 Å². The van der Waals surface area contributed by atoms with Gasteiger partial charge in [0.15, 0.2) is 0 Å². The number of aliphatic hydroxyl groups is 1. The molecule has 4 aromatic carbocycles. The van der Waals surface area contributed by atoms with Crippen LogP contribution in [0.2, 0.25) is 0 Å². The molecule has 4 aromatic rings. The largest absolute Gasteiger partial charge is 0.508 e. The zero-order valence-electron chi connectivity index (χ0n) is 21.9. The summed E-state index contributed by atoms with van der Waals surface area (Å²) in [5, 5.41) is 21.9. The first-order chi connectivity index (χ1) is 19.6. The normalized spacial score (nSPS) is 18.0. The van der Waals surface area contributed by atoms with Crippen molar-refractivity contribution in [3.63, 3.8) is 0 Å². The summed E-state index contributed by atoms with van der Waals surface area (Å²) in [7, 11) is -4.35. The molecular weight excluding hydrogens is 580 g/mol. The minimum atomic E-state index is -4.35. The highest BCUT2D eigenvalue weighted by molar-refractivity contribution is 8.24. The summed E-state index contributed by atoms with van der Waals surface area (Å²) in [4.78, 5) is 20.9. The summed E-state index contributed by atoms with van der Waals surface area (Å²) < 4.78 is 25.5. The quantitative estimate of drug-likeness (QED) is 0.121. The minimum Gasteiger partial charge on any atom is -0.508 e. The van der Waals surface area contributed by atoms with E-state index in [4.69, 9.17) is 12.2 Å². The molecule has 0 saturated carbocycles. The summed E-state index contributed by atoms with van der Waals surface area (Å²) in [5.74, 6) is -0.251. The number of anilines is 1. The minimum absolute atomic E-state index is 0.00223. The van der Waals surface area contributed by atoms with Crippen molar-refractivity contribution in [2.45, 2.75) is 36.7 Å². The molecule has 1 fully saturated rings. The van der Waals surface area contributed by atoms with E-state index in [9.17, 15) is 29.0 Å². The van der Waals surface area contributed by atoms with E-state index in [0.29, 0.717) is 39.4 Å². The Bertz CT molecular complexity index is 1560. The Morgan fingerprint density at radius 2 is 1.59 bits per heavy atom. The number of phenolic OH excluding ortho intramolecular Hbond substituents is 1. The van der Waals surface area contributed by atoms with Crippen molar-refractivity contribution in [1.29, 1.82) is 0 Å². The van der Waals surface area contributed by atoms with Gasteiger partial charge in [0.1, 0.15) is 15.9 Å². The van der Waals surface area contributed by atoms with E-state index < -0.39 is 13.7 Å². The number of para-hydroxylation sites is 1. The van der Waals surface area contributed by atoms with Crippen molar-refractivity contribution in [2.75, 3.05) is 4.90 Å². The summed E-state index contributed by atoms with van der Waals surface area (Å²) in [6.07, 6.45) is 1.22. The fourth-order valence-electron chi connectivity index (χ4n) is 5.13. The highest BCUT2D eigenvalue weighted by Crippen LogP contribution is 2.49. The van der Waals surface area contributed by atoms with E-state index >= 15 is 0 Å². The topological polar surface area (TPSA) is 101 Å². The van der Waals surface area contributed by atoms with Gasteiger partial charge < -0.3 is 24.9 Å². The second-order valence-corrected chi connectivity index (χ2v) is 13.4. The van der Waals surface area contributed by atoms with E-state index in [1.165, 1.54) is 24.3 Å². The van der Waals surface area contributed by atoms with Crippen LogP contribution in [0.15, 0.2) is 97.1 Å². The fourth-order valence-corrected chi connectivity index (χ4v) is 7.53. The molecule has 5 rings (SSSR count). The molecule has 1 saturated heterocycles. The number of rotatable bonds is 9. The Morgan fingerprint density at radius 3 is 2.22 bits per heavy atom. The molecule has 0 aliphatic carbocycles. The molecule has 0 spiro atoms. The van der Waals surface area contributed by atoms with Gasteiger partial charge in [0.2, 0.25) is 0 Å². The smallest absolute Gasteiger partial charge is 0.356 e. The fraction of sp³-hybridized carbons (Fsp3) is 0.194. The lowest BCUT2D eigenvalue weighted by Crippen LogP contribution is -2.29. The third kappa shape index (κ3) is 6.72. The van der Waals surface area contributed by atoms with Crippen molar-refractivity contribution in [1.82, 2.24) is 0 Å². The Balaban J connectivity index is 1.40. The maximum absolute atomic E-state index is 13.3. The number of aliphatic hydroxyl groups excluding tert-OH is 1. The monoisotopic (exact) mass is 609 g/mol. The van der Waals surface area contributed by atoms with Crippen LogP contribution in [0, 0.1) is 5.82 Å². The molecule has 6 nitrogen and oxygen atoms in total. The molecule has 41 heavy (non-hydrogen) atoms. The number of thioether (sulfide) groups is 1. The number of nitrogens with zero attached hydrogens (tertiary/aromatic N) is 1. The van der Waals surface area contributed by atoms with Gasteiger partial charge in [0.05, 0.1) is 17.5 Å². The lowest BCUT2D eigenvalue weighted by atomic mass is 9.94. The average molecular weight is 610 g/mol. The van der Waals surface area contributed by atoms with E-state index in [1.54, 1.807) is 42.1 Å². The molecule has 4 N–H and O–H groups in total. The van der Waals surface area contributed by atoms with Crippen LogP contribution in [0.3, 0.4) is 0 Å². The molecule has 10 heteroatoms. The molecule has 1 aliphatic rings. The van der Waals surface area contributed by atoms with E-state index in [1.807, 2.05) is 42.5 Å². The maximum Gasteiger partial charge on any atom is 0.356 e. The SMILES string of the molecule is O=P(O)(O)c1ccc(-c2ccc([C@@H]3[C@@H](CCCC(O)c4ccc(F)cc4)SC(=S)N3c3ccccc3)c(O)c2)cc1. The molecule has 3 atom stereocenters. The van der Waals surface area contributed by atoms with Crippen LogP contribution in [-0.2, 0) is 4.57 Å². The Morgan fingerprint density at radius 1 is 0.927 bits per heavy atom. The van der Waals surface area contributed by atoms with E-state index in [2.05, 4.69) is 4.90 Å². The Labute approximate surface area is 247 Å². The molecular formula is C31H29FNO5PS2. The van der Waals surface area contributed by atoms with Gasteiger partial charge in [-0.3, -0.25) is 4.57 Å². The first-order valence-electron chi connectivity index (χ1n) is 13.1. The number of hydrogen-bond acceptors (Lipinski definition) is 5. The van der Waals surface area contributed by atoms with Gasteiger partial charge in [0.25, 0.3) is 0 Å². The average Bonchev–Trinajstić information content (AvgIpc) is 3.28. The van der Waals surface area contributed by atoms with Gasteiger partial charge in [-0.05, 0) is 78.4 Å². The zero-order chi connectivity index (χ0) is 29.1. The van der Waals surface area contributed by atoms with Crippen molar-refractivity contribution in [3.8, 4) is 16.9 Å². The first-order valence-corrected chi connectivity index (χ1v) is 16.0. The second kappa shape index (κ2) is 12.4. The van der Waals surface area contributed by atoms with Crippen molar-refractivity contribution in [2.24, 2.45) is 0 Å². The first kappa shape index (κ1) is 29.5. The lowest BCUT2D eigenvalue weighted by molar-refractivity contribution is 0.163. The molecule has 0 amide bonds. The van der Waals surface area contributed by atoms with Crippen molar-refractivity contribution in [3.05, 3.63) is 114 Å². The summed E-state index contributed by atoms with van der Waals surface area (Å²) in [6.45, 7) is 0. The standard InChI is InChI=1S/C31H29FNO5PS2/c32-23-14-9-21(10-15-23)27(34)7-4-8-29-30(33(31(40)41-29)24-5-2-1-3-6-24)26-18-13-22(19-28(26)35)20-11-16-25(17-12-20)39(36,37)38/h1-3,5-6,9-19,27,29-30,34-35H,4,7-8H2,(H2,36,37,38)/t27?,29-,30-/m1/s1. The van der Waals surface area contributed by atoms with Crippen molar-refractivity contribution >= 4 is 46.9 Å². The van der Waals surface area contributed by atoms with Gasteiger partial charge in [-0.25, -0.2) is 4.39 Å². The highest BCUT2D eigenvalue weighted by atomic mass is 32.2. The molecule has 0 aromatic heterocycles. The molecule has 1 unspecified atom stereocenters. The van der Waals surface area contributed by atoms with Gasteiger partial charge in [-0.15, -0.1) is 0 Å². The van der Waals surface area contributed by atoms with Crippen LogP contribution < -0.4 is 10.2 Å². The second-order valence-electron chi connectivity index (χ2n) is 9.94. The van der Waals surface area contributed by atoms with E-state index in [0.717, 1.165) is 12.1 Å². The van der Waals surface area contributed by atoms with Crippen LogP contribution in [0.1, 0.15) is 42.5 Å². The van der Waals surface area contributed by atoms with Crippen LogP contribution in [0.25, 0.3) is 11.1 Å². The number of benzene rings is 4. The Kier molecular flexibility index (Phi) is 8.94. The molecule has 212 valence electrons. The van der Waals surface area contributed by atoms with Crippen LogP contribution in [0.5, 0.6) is 5.75 Å². The Hall–Kier alpha value is -3.04. The number of phenols is 1. The zero-order valence-corrected chi connectivity index (χ0v) is 24.4. The number of halogens is 1. The third-order valence-electron chi connectivity index (χ3n) is 7.22. The highest BCUT2D eigenvalue weighted by Gasteiger charge is 2.41. The number of hydrogen-bond donors (Lipinski definition) is 4. The lowest BCUT2D eigenvalue weighted by Gasteiger charge is -2.30. The van der Waals surface area contributed by atoms with E-state index in [-0.39, 0.29) is 28.2 Å². The maximum atomic E-state index is 13.3. The molecule has 1 aliphatic heterocycles. The predicted molar refractivity (Wildman–Crippen MR) is 166 cm³/mol. The third-order valence-corrected chi connectivity index (χ3v) is 9.87. The number of aromatic hydroxyl groups is 1. The summed E-state index contributed by atoms with van der Waals surface area (Å²) >= 11 is 7.39. The van der Waals surface area contributed by atoms with Gasteiger partial charge >= 0.3 is 7.60 Å². The van der Waals surface area contributed by atoms with Gasteiger partial charge in [-0.2, -0.15) is 0 Å². The van der Waals surface area contributed by atoms with Crippen LogP contribution in [-0.4, -0.2) is 29.6 Å². The summed E-state index contributed by atoms with van der Waals surface area (Å²) in [6, 6.07) is 26.8. The number of thiocarbonyl (C=S) groups is 1. The predicted octanol–water partition coefficient (Wildman–Crippen LogP) is 6.85.